The minimum atomic E-state index is -0.292. The first-order valence-electron chi connectivity index (χ1n) is 10.5. The number of benzene rings is 1. The maximum atomic E-state index is 12.6. The van der Waals surface area contributed by atoms with E-state index in [4.69, 9.17) is 14.2 Å². The molecule has 4 fully saturated rings. The fourth-order valence-electron chi connectivity index (χ4n) is 5.99. The van der Waals surface area contributed by atoms with Crippen LogP contribution in [-0.4, -0.2) is 37.7 Å². The van der Waals surface area contributed by atoms with Crippen LogP contribution in [0.25, 0.3) is 0 Å². The molecule has 1 N–H and O–H groups in total. The molecule has 4 aliphatic carbocycles. The van der Waals surface area contributed by atoms with E-state index in [0.717, 1.165) is 17.6 Å². The molecule has 1 aliphatic heterocycles. The first kappa shape index (κ1) is 17.8. The molecular formula is C22H27NO5. The Morgan fingerprint density at radius 1 is 1.00 bits per heavy atom. The Morgan fingerprint density at radius 3 is 2.39 bits per heavy atom. The van der Waals surface area contributed by atoms with Crippen molar-refractivity contribution in [1.82, 2.24) is 5.32 Å². The number of carbonyl (C=O) groups is 2. The number of nitrogens with one attached hydrogen (secondary N) is 1. The van der Waals surface area contributed by atoms with Crippen molar-refractivity contribution in [2.75, 3.05) is 19.8 Å². The number of para-hydroxylation sites is 2. The van der Waals surface area contributed by atoms with Gasteiger partial charge in [-0.05, 0) is 67.9 Å². The zero-order valence-electron chi connectivity index (χ0n) is 16.0. The minimum Gasteiger partial charge on any atom is -0.486 e. The summed E-state index contributed by atoms with van der Waals surface area (Å²) in [6.07, 6.45) is 5.77. The predicted octanol–water partition coefficient (Wildman–Crippen LogP) is 2.56. The summed E-state index contributed by atoms with van der Waals surface area (Å²) in [4.78, 5) is 24.8. The molecule has 150 valence electrons. The lowest BCUT2D eigenvalue weighted by Crippen LogP contribution is -2.49. The summed E-state index contributed by atoms with van der Waals surface area (Å²) in [5, 5.41) is 2.78. The Morgan fingerprint density at radius 2 is 1.68 bits per heavy atom. The molecule has 1 aromatic rings. The second-order valence-corrected chi connectivity index (χ2v) is 8.87. The van der Waals surface area contributed by atoms with Gasteiger partial charge >= 0.3 is 5.97 Å². The molecular weight excluding hydrogens is 358 g/mol. The van der Waals surface area contributed by atoms with Crippen LogP contribution in [0.4, 0.5) is 0 Å². The highest BCUT2D eigenvalue weighted by atomic mass is 16.6. The molecule has 4 saturated carbocycles. The zero-order valence-corrected chi connectivity index (χ0v) is 16.0. The maximum absolute atomic E-state index is 12.6. The highest BCUT2D eigenvalue weighted by Crippen LogP contribution is 2.56. The van der Waals surface area contributed by atoms with E-state index in [0.29, 0.717) is 30.7 Å². The van der Waals surface area contributed by atoms with Gasteiger partial charge in [-0.3, -0.25) is 9.59 Å². The van der Waals surface area contributed by atoms with E-state index in [1.54, 1.807) is 0 Å². The van der Waals surface area contributed by atoms with Crippen molar-refractivity contribution < 1.29 is 23.8 Å². The second-order valence-electron chi connectivity index (χ2n) is 8.87. The Hall–Kier alpha value is -2.24. The van der Waals surface area contributed by atoms with Crippen molar-refractivity contribution in [1.29, 1.82) is 0 Å². The van der Waals surface area contributed by atoms with Gasteiger partial charge < -0.3 is 19.5 Å². The van der Waals surface area contributed by atoms with Crippen LogP contribution in [0.3, 0.4) is 0 Å². The number of hydrogen-bond acceptors (Lipinski definition) is 5. The van der Waals surface area contributed by atoms with E-state index in [1.165, 1.54) is 32.1 Å². The van der Waals surface area contributed by atoms with E-state index in [1.807, 2.05) is 24.3 Å². The first-order valence-corrected chi connectivity index (χ1v) is 10.5. The number of ether oxygens (including phenoxy) is 3. The largest absolute Gasteiger partial charge is 0.486 e. The van der Waals surface area contributed by atoms with Gasteiger partial charge in [0, 0.05) is 0 Å². The summed E-state index contributed by atoms with van der Waals surface area (Å²) in [6.45, 7) is 0.486. The number of rotatable bonds is 5. The molecule has 0 radical (unpaired) electrons. The van der Waals surface area contributed by atoms with Crippen molar-refractivity contribution in [3.8, 4) is 11.5 Å². The number of carbonyl (C=O) groups excluding carboxylic acids is 2. The third kappa shape index (κ3) is 3.45. The van der Waals surface area contributed by atoms with Gasteiger partial charge in [-0.2, -0.15) is 0 Å². The van der Waals surface area contributed by atoms with Crippen LogP contribution in [0, 0.1) is 29.6 Å². The molecule has 4 bridgehead atoms. The van der Waals surface area contributed by atoms with E-state index in [9.17, 15) is 9.59 Å². The Labute approximate surface area is 164 Å². The quantitative estimate of drug-likeness (QED) is 0.789. The standard InChI is InChI=1S/C22H27NO5/c24-20(23-10-17-11-26-18-3-1-2-4-19(18)28-17)12-27-22(25)21-15-6-13-5-14(8-15)9-16(21)7-13/h1-4,13-17,21H,5-12H2,(H,23,24)/t13?,14?,15?,16?,17-,21?/m0/s1. The van der Waals surface area contributed by atoms with E-state index < -0.39 is 0 Å². The lowest BCUT2D eigenvalue weighted by molar-refractivity contribution is -0.164. The van der Waals surface area contributed by atoms with Crippen molar-refractivity contribution in [2.45, 2.75) is 38.2 Å². The van der Waals surface area contributed by atoms with Crippen LogP contribution in [-0.2, 0) is 14.3 Å². The normalized spacial score (nSPS) is 34.7. The molecule has 1 atom stereocenters. The van der Waals surface area contributed by atoms with E-state index in [-0.39, 0.29) is 30.5 Å². The van der Waals surface area contributed by atoms with Crippen molar-refractivity contribution in [3.63, 3.8) is 0 Å². The van der Waals surface area contributed by atoms with Gasteiger partial charge in [0.05, 0.1) is 12.5 Å². The SMILES string of the molecule is O=C(COC(=O)C1C2CC3CC(C2)CC1C3)NC[C@H]1COc2ccccc2O1. The molecule has 6 rings (SSSR count). The molecule has 1 amide bonds. The smallest absolute Gasteiger partial charge is 0.310 e. The average Bonchev–Trinajstić information content (AvgIpc) is 2.69. The third-order valence-corrected chi connectivity index (χ3v) is 6.94. The van der Waals surface area contributed by atoms with E-state index >= 15 is 0 Å². The van der Waals surface area contributed by atoms with Crippen LogP contribution < -0.4 is 14.8 Å². The number of esters is 1. The summed E-state index contributed by atoms with van der Waals surface area (Å²) in [5.41, 5.74) is 0. The molecule has 0 saturated heterocycles. The van der Waals surface area contributed by atoms with Gasteiger partial charge in [-0.1, -0.05) is 12.1 Å². The summed E-state index contributed by atoms with van der Waals surface area (Å²) >= 11 is 0. The van der Waals surface area contributed by atoms with Gasteiger partial charge in [0.1, 0.15) is 12.7 Å². The fraction of sp³-hybridized carbons (Fsp3) is 0.636. The van der Waals surface area contributed by atoms with Crippen LogP contribution in [0.2, 0.25) is 0 Å². The van der Waals surface area contributed by atoms with Crippen LogP contribution >= 0.6 is 0 Å². The Bertz CT molecular complexity index is 735. The first-order chi connectivity index (χ1) is 13.7. The number of hydrogen-bond donors (Lipinski definition) is 1. The average molecular weight is 385 g/mol. The molecule has 0 aromatic heterocycles. The van der Waals surface area contributed by atoms with Crippen LogP contribution in [0.15, 0.2) is 24.3 Å². The molecule has 0 unspecified atom stereocenters. The summed E-state index contributed by atoms with van der Waals surface area (Å²) in [6, 6.07) is 7.47. The molecule has 6 nitrogen and oxygen atoms in total. The molecule has 5 aliphatic rings. The van der Waals surface area contributed by atoms with Gasteiger partial charge in [0.2, 0.25) is 0 Å². The topological polar surface area (TPSA) is 73.9 Å². The molecule has 28 heavy (non-hydrogen) atoms. The molecule has 1 heterocycles. The minimum absolute atomic E-state index is 0.00665. The fourth-order valence-corrected chi connectivity index (χ4v) is 5.99. The summed E-state index contributed by atoms with van der Waals surface area (Å²) in [7, 11) is 0. The highest BCUT2D eigenvalue weighted by Gasteiger charge is 2.51. The highest BCUT2D eigenvalue weighted by molar-refractivity contribution is 5.81. The number of fused-ring (bicyclic) bond motifs is 1. The second kappa shape index (κ2) is 7.30. The van der Waals surface area contributed by atoms with Crippen molar-refractivity contribution in [2.24, 2.45) is 29.6 Å². The van der Waals surface area contributed by atoms with Crippen molar-refractivity contribution >= 4 is 11.9 Å². The van der Waals surface area contributed by atoms with Gasteiger partial charge in [0.15, 0.2) is 18.1 Å². The molecule has 1 aromatic carbocycles. The molecule has 0 spiro atoms. The zero-order chi connectivity index (χ0) is 19.1. The van der Waals surface area contributed by atoms with Crippen molar-refractivity contribution in [3.05, 3.63) is 24.3 Å². The molecule has 6 heteroatoms. The maximum Gasteiger partial charge on any atom is 0.310 e. The predicted molar refractivity (Wildman–Crippen MR) is 101 cm³/mol. The monoisotopic (exact) mass is 385 g/mol. The van der Waals surface area contributed by atoms with Gasteiger partial charge in [-0.15, -0.1) is 0 Å². The third-order valence-electron chi connectivity index (χ3n) is 6.94. The Kier molecular flexibility index (Phi) is 4.65. The lowest BCUT2D eigenvalue weighted by Gasteiger charge is -2.53. The van der Waals surface area contributed by atoms with Crippen LogP contribution in [0.1, 0.15) is 32.1 Å². The van der Waals surface area contributed by atoms with Gasteiger partial charge in [-0.25, -0.2) is 0 Å². The number of amides is 1. The summed E-state index contributed by atoms with van der Waals surface area (Å²) < 4.78 is 16.9. The van der Waals surface area contributed by atoms with E-state index in [2.05, 4.69) is 5.32 Å². The lowest BCUT2D eigenvalue weighted by atomic mass is 9.52. The Balaban J connectivity index is 1.07. The summed E-state index contributed by atoms with van der Waals surface area (Å²) in [5.74, 6) is 3.52. The van der Waals surface area contributed by atoms with Crippen LogP contribution in [0.5, 0.6) is 11.5 Å². The van der Waals surface area contributed by atoms with Gasteiger partial charge in [0.25, 0.3) is 5.91 Å².